The molecule has 0 bridgehead atoms. The first-order valence-electron chi connectivity index (χ1n) is 7.02. The van der Waals surface area contributed by atoms with Crippen molar-refractivity contribution in [2.45, 2.75) is 25.5 Å². The summed E-state index contributed by atoms with van der Waals surface area (Å²) in [6.07, 6.45) is 1.84. The molecule has 4 N–H and O–H groups in total. The highest BCUT2D eigenvalue weighted by Crippen LogP contribution is 2.21. The molecule has 0 heterocycles. The highest BCUT2D eigenvalue weighted by atomic mass is 35.5. The molecular weight excluding hydrogens is 284 g/mol. The van der Waals surface area contributed by atoms with Crippen molar-refractivity contribution in [3.05, 3.63) is 65.7 Å². The Hall–Kier alpha value is -1.55. The summed E-state index contributed by atoms with van der Waals surface area (Å²) >= 11 is 0. The number of hydrogen-bond acceptors (Lipinski definition) is 3. The quantitative estimate of drug-likeness (QED) is 0.824. The van der Waals surface area contributed by atoms with Gasteiger partial charge in [-0.1, -0.05) is 42.5 Å². The average Bonchev–Trinajstić information content (AvgIpc) is 2.52. The second-order valence-corrected chi connectivity index (χ2v) is 4.88. The maximum Gasteiger partial charge on any atom is 0.120 e. The number of halogens is 1. The lowest BCUT2D eigenvalue weighted by Gasteiger charge is -2.13. The molecule has 114 valence electrons. The minimum Gasteiger partial charge on any atom is -0.489 e. The van der Waals surface area contributed by atoms with Gasteiger partial charge in [0.2, 0.25) is 0 Å². The van der Waals surface area contributed by atoms with E-state index in [1.807, 2.05) is 42.5 Å². The molecule has 3 nitrogen and oxygen atoms in total. The summed E-state index contributed by atoms with van der Waals surface area (Å²) in [5, 5.41) is 0. The van der Waals surface area contributed by atoms with E-state index in [9.17, 15) is 0 Å². The van der Waals surface area contributed by atoms with Gasteiger partial charge in [-0.05, 0) is 42.6 Å². The fourth-order valence-corrected chi connectivity index (χ4v) is 2.08. The number of ether oxygens (including phenoxy) is 1. The average molecular weight is 307 g/mol. The van der Waals surface area contributed by atoms with E-state index in [0.29, 0.717) is 13.2 Å². The minimum atomic E-state index is 0. The molecule has 0 fully saturated rings. The first kappa shape index (κ1) is 17.5. The van der Waals surface area contributed by atoms with E-state index in [0.717, 1.165) is 29.7 Å². The van der Waals surface area contributed by atoms with Gasteiger partial charge >= 0.3 is 0 Å². The lowest BCUT2D eigenvalue weighted by atomic mass is 10.0. The fourth-order valence-electron chi connectivity index (χ4n) is 2.08. The van der Waals surface area contributed by atoms with Gasteiger partial charge in [0.15, 0.2) is 0 Å². The van der Waals surface area contributed by atoms with Gasteiger partial charge in [0, 0.05) is 6.04 Å². The van der Waals surface area contributed by atoms with E-state index in [1.54, 1.807) is 0 Å². The molecule has 21 heavy (non-hydrogen) atoms. The summed E-state index contributed by atoms with van der Waals surface area (Å²) in [5.41, 5.74) is 13.9. The van der Waals surface area contributed by atoms with Gasteiger partial charge < -0.3 is 16.2 Å². The first-order chi connectivity index (χ1) is 9.79. The third-order valence-corrected chi connectivity index (χ3v) is 3.25. The molecule has 0 unspecified atom stereocenters. The van der Waals surface area contributed by atoms with E-state index in [2.05, 4.69) is 12.1 Å². The zero-order valence-corrected chi connectivity index (χ0v) is 12.9. The van der Waals surface area contributed by atoms with Gasteiger partial charge in [0.05, 0.1) is 0 Å². The summed E-state index contributed by atoms with van der Waals surface area (Å²) in [7, 11) is 0. The number of nitrogens with two attached hydrogens (primary N) is 2. The summed E-state index contributed by atoms with van der Waals surface area (Å²) < 4.78 is 5.81. The van der Waals surface area contributed by atoms with E-state index in [-0.39, 0.29) is 18.4 Å². The van der Waals surface area contributed by atoms with E-state index in [4.69, 9.17) is 16.2 Å². The Labute approximate surface area is 132 Å². The van der Waals surface area contributed by atoms with Crippen LogP contribution in [-0.4, -0.2) is 6.54 Å². The van der Waals surface area contributed by atoms with Gasteiger partial charge in [-0.3, -0.25) is 0 Å². The molecular formula is C17H23ClN2O. The van der Waals surface area contributed by atoms with Crippen LogP contribution in [0.3, 0.4) is 0 Å². The van der Waals surface area contributed by atoms with Crippen LogP contribution < -0.4 is 16.2 Å². The summed E-state index contributed by atoms with van der Waals surface area (Å²) in [6, 6.07) is 18.2. The Balaban J connectivity index is 0.00000220. The smallest absolute Gasteiger partial charge is 0.120 e. The first-order valence-corrected chi connectivity index (χ1v) is 7.02. The molecule has 2 aromatic carbocycles. The lowest BCUT2D eigenvalue weighted by molar-refractivity contribution is 0.305. The fraction of sp³-hybridized carbons (Fsp3) is 0.294. The highest BCUT2D eigenvalue weighted by Gasteiger charge is 2.06. The van der Waals surface area contributed by atoms with Crippen molar-refractivity contribution in [1.82, 2.24) is 0 Å². The maximum absolute atomic E-state index is 6.15. The van der Waals surface area contributed by atoms with Crippen LogP contribution in [0.5, 0.6) is 5.75 Å². The largest absolute Gasteiger partial charge is 0.489 e. The Kier molecular flexibility index (Phi) is 7.83. The zero-order valence-electron chi connectivity index (χ0n) is 12.1. The molecule has 0 saturated carbocycles. The van der Waals surface area contributed by atoms with Crippen molar-refractivity contribution in [2.75, 3.05) is 6.54 Å². The molecule has 2 rings (SSSR count). The number of rotatable bonds is 7. The Morgan fingerprint density at radius 3 is 2.48 bits per heavy atom. The molecule has 0 aromatic heterocycles. The van der Waals surface area contributed by atoms with Crippen LogP contribution >= 0.6 is 12.4 Å². The predicted molar refractivity (Wildman–Crippen MR) is 89.7 cm³/mol. The molecule has 0 radical (unpaired) electrons. The van der Waals surface area contributed by atoms with Gasteiger partial charge in [-0.15, -0.1) is 12.4 Å². The maximum atomic E-state index is 6.15. The Morgan fingerprint density at radius 1 is 1.00 bits per heavy atom. The van der Waals surface area contributed by atoms with E-state index >= 15 is 0 Å². The van der Waals surface area contributed by atoms with Crippen molar-refractivity contribution in [3.63, 3.8) is 0 Å². The normalized spacial score (nSPS) is 11.5. The molecule has 0 saturated heterocycles. The second kappa shape index (κ2) is 9.40. The molecule has 0 spiro atoms. The van der Waals surface area contributed by atoms with Crippen molar-refractivity contribution in [3.8, 4) is 5.75 Å². The zero-order chi connectivity index (χ0) is 14.2. The van der Waals surface area contributed by atoms with Crippen molar-refractivity contribution < 1.29 is 4.74 Å². The van der Waals surface area contributed by atoms with Crippen LogP contribution in [-0.2, 0) is 6.61 Å². The predicted octanol–water partition coefficient (Wildman–Crippen LogP) is 3.43. The van der Waals surface area contributed by atoms with Gasteiger partial charge in [-0.2, -0.15) is 0 Å². The van der Waals surface area contributed by atoms with Crippen molar-refractivity contribution >= 4 is 12.4 Å². The van der Waals surface area contributed by atoms with Crippen molar-refractivity contribution in [1.29, 1.82) is 0 Å². The second-order valence-electron chi connectivity index (χ2n) is 4.88. The molecule has 0 amide bonds. The monoisotopic (exact) mass is 306 g/mol. The lowest BCUT2D eigenvalue weighted by Crippen LogP contribution is -2.12. The third-order valence-electron chi connectivity index (χ3n) is 3.25. The molecule has 0 aliphatic rings. The van der Waals surface area contributed by atoms with E-state index in [1.165, 1.54) is 0 Å². The highest BCUT2D eigenvalue weighted by molar-refractivity contribution is 5.85. The van der Waals surface area contributed by atoms with Crippen LogP contribution in [0.25, 0.3) is 0 Å². The summed E-state index contributed by atoms with van der Waals surface area (Å²) in [5.74, 6) is 0.856. The number of hydrogen-bond donors (Lipinski definition) is 2. The van der Waals surface area contributed by atoms with Crippen molar-refractivity contribution in [2.24, 2.45) is 11.5 Å². The molecule has 0 aliphatic heterocycles. The van der Waals surface area contributed by atoms with E-state index < -0.39 is 0 Å². The van der Waals surface area contributed by atoms with Gasteiger partial charge in [-0.25, -0.2) is 0 Å². The molecule has 1 atom stereocenters. The standard InChI is InChI=1S/C17H22N2O.ClH/c18-11-5-10-17(19)15-8-4-9-16(12-15)20-13-14-6-2-1-3-7-14;/h1-4,6-9,12,17H,5,10-11,13,18-19H2;1H/t17-;/m0./s1. The van der Waals surface area contributed by atoms with Crippen LogP contribution in [0, 0.1) is 0 Å². The summed E-state index contributed by atoms with van der Waals surface area (Å²) in [4.78, 5) is 0. The SMILES string of the molecule is Cl.NCCC[C@H](N)c1cccc(OCc2ccccc2)c1. The topological polar surface area (TPSA) is 61.3 Å². The Bertz CT molecular complexity index is 519. The Morgan fingerprint density at radius 2 is 1.76 bits per heavy atom. The van der Waals surface area contributed by atoms with Crippen LogP contribution in [0.4, 0.5) is 0 Å². The third kappa shape index (κ3) is 5.76. The summed E-state index contributed by atoms with van der Waals surface area (Å²) in [6.45, 7) is 1.25. The minimum absolute atomic E-state index is 0. The number of benzene rings is 2. The molecule has 4 heteroatoms. The van der Waals surface area contributed by atoms with Crippen LogP contribution in [0.1, 0.15) is 30.0 Å². The van der Waals surface area contributed by atoms with Crippen LogP contribution in [0.2, 0.25) is 0 Å². The molecule has 0 aliphatic carbocycles. The van der Waals surface area contributed by atoms with Gasteiger partial charge in [0.1, 0.15) is 12.4 Å². The molecule has 2 aromatic rings. The van der Waals surface area contributed by atoms with Crippen LogP contribution in [0.15, 0.2) is 54.6 Å². The van der Waals surface area contributed by atoms with Gasteiger partial charge in [0.25, 0.3) is 0 Å².